The zero-order valence-corrected chi connectivity index (χ0v) is 14.3. The number of benzene rings is 2. The van der Waals surface area contributed by atoms with E-state index in [1.807, 2.05) is 55.2 Å². The van der Waals surface area contributed by atoms with Gasteiger partial charge in [-0.05, 0) is 48.5 Å². The summed E-state index contributed by atoms with van der Waals surface area (Å²) in [6.45, 7) is 0.670. The maximum atomic E-state index is 10.2. The van der Waals surface area contributed by atoms with Crippen LogP contribution in [-0.4, -0.2) is 45.5 Å². The molecule has 1 N–H and O–H groups in total. The number of ether oxygens (including phenoxy) is 1. The Morgan fingerprint density at radius 2 is 1.58 bits per heavy atom. The molecule has 0 saturated carbocycles. The molecule has 2 aromatic carbocycles. The molecular formula is C19H23N3O2. The van der Waals surface area contributed by atoms with Crippen molar-refractivity contribution >= 4 is 11.4 Å². The fourth-order valence-corrected chi connectivity index (χ4v) is 2.30. The summed E-state index contributed by atoms with van der Waals surface area (Å²) in [5.41, 5.74) is 2.76. The first kappa shape index (κ1) is 17.6. The smallest absolute Gasteiger partial charge is 0.119 e. The van der Waals surface area contributed by atoms with Crippen molar-refractivity contribution in [3.05, 3.63) is 54.1 Å². The van der Waals surface area contributed by atoms with Gasteiger partial charge in [-0.3, -0.25) is 0 Å². The van der Waals surface area contributed by atoms with Gasteiger partial charge in [-0.1, -0.05) is 0 Å². The molecule has 0 aliphatic heterocycles. The molecule has 0 bridgehead atoms. The van der Waals surface area contributed by atoms with Crippen LogP contribution in [0.4, 0.5) is 11.4 Å². The lowest BCUT2D eigenvalue weighted by Gasteiger charge is -2.23. The van der Waals surface area contributed by atoms with E-state index >= 15 is 0 Å². The molecule has 2 aromatic rings. The Bertz CT molecular complexity index is 675. The van der Waals surface area contributed by atoms with Crippen molar-refractivity contribution in [2.45, 2.75) is 6.10 Å². The SMILES string of the molecule is CN(C)c1ccc(N(C)CC(O)COc2ccc(C#N)cc2)cc1. The van der Waals surface area contributed by atoms with Crippen LogP contribution in [0.15, 0.2) is 48.5 Å². The van der Waals surface area contributed by atoms with Gasteiger partial charge in [-0.15, -0.1) is 0 Å². The summed E-state index contributed by atoms with van der Waals surface area (Å²) >= 11 is 0. The lowest BCUT2D eigenvalue weighted by molar-refractivity contribution is 0.113. The highest BCUT2D eigenvalue weighted by atomic mass is 16.5. The van der Waals surface area contributed by atoms with Crippen molar-refractivity contribution in [2.75, 3.05) is 44.1 Å². The second kappa shape index (κ2) is 8.23. The van der Waals surface area contributed by atoms with Gasteiger partial charge in [0, 0.05) is 39.1 Å². The van der Waals surface area contributed by atoms with Crippen LogP contribution in [0.1, 0.15) is 5.56 Å². The summed E-state index contributed by atoms with van der Waals surface area (Å²) in [5.74, 6) is 0.644. The van der Waals surface area contributed by atoms with Crippen molar-refractivity contribution in [3.63, 3.8) is 0 Å². The number of likely N-dealkylation sites (N-methyl/N-ethyl adjacent to an activating group) is 1. The second-order valence-corrected chi connectivity index (χ2v) is 5.89. The third kappa shape index (κ3) is 4.90. The molecule has 0 radical (unpaired) electrons. The third-order valence-electron chi connectivity index (χ3n) is 3.72. The van der Waals surface area contributed by atoms with E-state index in [2.05, 4.69) is 6.07 Å². The minimum Gasteiger partial charge on any atom is -0.491 e. The highest BCUT2D eigenvalue weighted by Crippen LogP contribution is 2.19. The van der Waals surface area contributed by atoms with Crippen LogP contribution in [0.5, 0.6) is 5.75 Å². The quantitative estimate of drug-likeness (QED) is 0.847. The van der Waals surface area contributed by atoms with Crippen LogP contribution < -0.4 is 14.5 Å². The molecule has 1 unspecified atom stereocenters. The molecule has 0 fully saturated rings. The van der Waals surface area contributed by atoms with Crippen molar-refractivity contribution in [3.8, 4) is 11.8 Å². The highest BCUT2D eigenvalue weighted by Gasteiger charge is 2.10. The molecule has 2 rings (SSSR count). The van der Waals surface area contributed by atoms with E-state index in [1.54, 1.807) is 24.3 Å². The molecule has 126 valence electrons. The summed E-state index contributed by atoms with van der Waals surface area (Å²) in [5, 5.41) is 18.9. The number of hydrogen-bond acceptors (Lipinski definition) is 5. The summed E-state index contributed by atoms with van der Waals surface area (Å²) < 4.78 is 5.56. The molecule has 0 amide bonds. The number of hydrogen-bond donors (Lipinski definition) is 1. The summed E-state index contributed by atoms with van der Waals surface area (Å²) in [6, 6.07) is 17.1. The molecule has 0 aliphatic rings. The fraction of sp³-hybridized carbons (Fsp3) is 0.316. The van der Waals surface area contributed by atoms with Gasteiger partial charge < -0.3 is 19.6 Å². The van der Waals surface area contributed by atoms with E-state index in [1.165, 1.54) is 0 Å². The van der Waals surface area contributed by atoms with E-state index in [-0.39, 0.29) is 6.61 Å². The van der Waals surface area contributed by atoms with Crippen molar-refractivity contribution in [2.24, 2.45) is 0 Å². The maximum Gasteiger partial charge on any atom is 0.119 e. The van der Waals surface area contributed by atoms with Crippen LogP contribution in [-0.2, 0) is 0 Å². The van der Waals surface area contributed by atoms with E-state index < -0.39 is 6.10 Å². The molecule has 5 nitrogen and oxygen atoms in total. The zero-order chi connectivity index (χ0) is 17.5. The minimum absolute atomic E-state index is 0.200. The van der Waals surface area contributed by atoms with Gasteiger partial charge in [0.1, 0.15) is 18.5 Å². The van der Waals surface area contributed by atoms with E-state index in [9.17, 15) is 5.11 Å². The second-order valence-electron chi connectivity index (χ2n) is 5.89. The van der Waals surface area contributed by atoms with Crippen molar-refractivity contribution < 1.29 is 9.84 Å². The molecule has 0 saturated heterocycles. The average Bonchev–Trinajstić information content (AvgIpc) is 2.60. The number of nitrogens with zero attached hydrogens (tertiary/aromatic N) is 3. The first-order chi connectivity index (χ1) is 11.5. The number of rotatable bonds is 7. The Kier molecular flexibility index (Phi) is 6.05. The van der Waals surface area contributed by atoms with Gasteiger partial charge in [0.2, 0.25) is 0 Å². The van der Waals surface area contributed by atoms with Gasteiger partial charge in [0.25, 0.3) is 0 Å². The van der Waals surface area contributed by atoms with Crippen LogP contribution in [0, 0.1) is 11.3 Å². The lowest BCUT2D eigenvalue weighted by atomic mass is 10.2. The zero-order valence-electron chi connectivity index (χ0n) is 14.3. The fourth-order valence-electron chi connectivity index (χ4n) is 2.30. The molecule has 24 heavy (non-hydrogen) atoms. The minimum atomic E-state index is -0.612. The largest absolute Gasteiger partial charge is 0.491 e. The van der Waals surface area contributed by atoms with Crippen LogP contribution in [0.3, 0.4) is 0 Å². The summed E-state index contributed by atoms with van der Waals surface area (Å²) in [4.78, 5) is 4.04. The Hall–Kier alpha value is -2.71. The first-order valence-corrected chi connectivity index (χ1v) is 7.79. The Morgan fingerprint density at radius 3 is 2.12 bits per heavy atom. The predicted octanol–water partition coefficient (Wildman–Crippen LogP) is 2.50. The first-order valence-electron chi connectivity index (χ1n) is 7.79. The Morgan fingerprint density at radius 1 is 1.00 bits per heavy atom. The lowest BCUT2D eigenvalue weighted by Crippen LogP contribution is -2.33. The molecular weight excluding hydrogens is 302 g/mol. The summed E-state index contributed by atoms with van der Waals surface area (Å²) in [6.07, 6.45) is -0.612. The predicted molar refractivity (Wildman–Crippen MR) is 96.7 cm³/mol. The molecule has 0 aromatic heterocycles. The van der Waals surface area contributed by atoms with Gasteiger partial charge in [-0.25, -0.2) is 0 Å². The molecule has 0 aliphatic carbocycles. The Labute approximate surface area is 143 Å². The van der Waals surface area contributed by atoms with Crippen LogP contribution in [0.2, 0.25) is 0 Å². The van der Waals surface area contributed by atoms with E-state index in [0.717, 1.165) is 11.4 Å². The van der Waals surface area contributed by atoms with Crippen LogP contribution in [0.25, 0.3) is 0 Å². The average molecular weight is 325 g/mol. The van der Waals surface area contributed by atoms with Crippen molar-refractivity contribution in [1.29, 1.82) is 5.26 Å². The third-order valence-corrected chi connectivity index (χ3v) is 3.72. The summed E-state index contributed by atoms with van der Waals surface area (Å²) in [7, 11) is 5.95. The number of anilines is 2. The monoisotopic (exact) mass is 325 g/mol. The number of aliphatic hydroxyl groups excluding tert-OH is 1. The topological polar surface area (TPSA) is 59.7 Å². The molecule has 0 spiro atoms. The van der Waals surface area contributed by atoms with Gasteiger partial charge in [0.05, 0.1) is 11.6 Å². The van der Waals surface area contributed by atoms with Gasteiger partial charge in [0.15, 0.2) is 0 Å². The maximum absolute atomic E-state index is 10.2. The molecule has 1 atom stereocenters. The van der Waals surface area contributed by atoms with Gasteiger partial charge in [-0.2, -0.15) is 5.26 Å². The van der Waals surface area contributed by atoms with E-state index in [0.29, 0.717) is 17.9 Å². The van der Waals surface area contributed by atoms with E-state index in [4.69, 9.17) is 10.00 Å². The number of nitriles is 1. The standard InChI is InChI=1S/C19H23N3O2/c1-21(2)16-6-8-17(9-7-16)22(3)13-18(23)14-24-19-10-4-15(12-20)5-11-19/h4-11,18,23H,13-14H2,1-3H3. The highest BCUT2D eigenvalue weighted by molar-refractivity contribution is 5.55. The Balaban J connectivity index is 1.84. The van der Waals surface area contributed by atoms with Gasteiger partial charge >= 0.3 is 0 Å². The molecule has 5 heteroatoms. The normalized spacial score (nSPS) is 11.5. The molecule has 0 heterocycles. The van der Waals surface area contributed by atoms with Crippen LogP contribution >= 0.6 is 0 Å². The number of aliphatic hydroxyl groups is 1. The van der Waals surface area contributed by atoms with Crippen molar-refractivity contribution in [1.82, 2.24) is 0 Å².